The number of hydrogen-bond acceptors (Lipinski definition) is 2. The summed E-state index contributed by atoms with van der Waals surface area (Å²) in [4.78, 5) is 4.14. The van der Waals surface area contributed by atoms with Gasteiger partial charge >= 0.3 is 0 Å². The second kappa shape index (κ2) is 4.64. The zero-order valence-electron chi connectivity index (χ0n) is 8.67. The van der Waals surface area contributed by atoms with Crippen LogP contribution >= 0.6 is 0 Å². The van der Waals surface area contributed by atoms with Gasteiger partial charge in [-0.05, 0) is 30.5 Å². The molecule has 1 N–H and O–H groups in total. The van der Waals surface area contributed by atoms with Gasteiger partial charge in [0.2, 0.25) is 0 Å². The zero-order valence-corrected chi connectivity index (χ0v) is 8.67. The minimum atomic E-state index is 0.0103. The maximum atomic E-state index is 9.36. The Labute approximate surface area is 84.6 Å². The third-order valence-electron chi connectivity index (χ3n) is 2.15. The fraction of sp³-hybridized carbons (Fsp3) is 0.333. The second-order valence-corrected chi connectivity index (χ2v) is 3.27. The molecule has 0 aliphatic rings. The quantitative estimate of drug-likeness (QED) is 0.585. The molecule has 1 heterocycles. The molecule has 1 aromatic heterocycles. The molecule has 0 atom stereocenters. The van der Waals surface area contributed by atoms with Crippen LogP contribution in [0, 0.1) is 6.92 Å². The van der Waals surface area contributed by atoms with Gasteiger partial charge in [0.05, 0.1) is 0 Å². The van der Waals surface area contributed by atoms with Crippen molar-refractivity contribution in [2.75, 3.05) is 0 Å². The summed E-state index contributed by atoms with van der Waals surface area (Å²) in [6, 6.07) is 1.86. The van der Waals surface area contributed by atoms with E-state index in [9.17, 15) is 5.11 Å². The Morgan fingerprint density at radius 2 is 2.36 bits per heavy atom. The SMILES string of the molecule is C=C=C(O)c1cc(C)c(CCC)cn1. The molecule has 0 spiro atoms. The third-order valence-corrected chi connectivity index (χ3v) is 2.15. The van der Waals surface area contributed by atoms with E-state index in [1.54, 1.807) is 0 Å². The van der Waals surface area contributed by atoms with Crippen molar-refractivity contribution in [3.63, 3.8) is 0 Å². The van der Waals surface area contributed by atoms with Crippen molar-refractivity contribution in [2.24, 2.45) is 0 Å². The molecule has 2 nitrogen and oxygen atoms in total. The highest BCUT2D eigenvalue weighted by molar-refractivity contribution is 5.54. The molecule has 0 aliphatic carbocycles. The summed E-state index contributed by atoms with van der Waals surface area (Å²) < 4.78 is 0. The largest absolute Gasteiger partial charge is 0.500 e. The van der Waals surface area contributed by atoms with Gasteiger partial charge in [0.25, 0.3) is 0 Å². The minimum absolute atomic E-state index is 0.0103. The van der Waals surface area contributed by atoms with Crippen LogP contribution in [0.3, 0.4) is 0 Å². The van der Waals surface area contributed by atoms with Crippen molar-refractivity contribution in [3.8, 4) is 0 Å². The van der Waals surface area contributed by atoms with Gasteiger partial charge < -0.3 is 5.11 Å². The topological polar surface area (TPSA) is 33.1 Å². The van der Waals surface area contributed by atoms with Gasteiger partial charge in [0, 0.05) is 6.20 Å². The monoisotopic (exact) mass is 189 g/mol. The molecular formula is C12H15NO. The smallest absolute Gasteiger partial charge is 0.185 e. The van der Waals surface area contributed by atoms with E-state index in [-0.39, 0.29) is 5.76 Å². The van der Waals surface area contributed by atoms with E-state index in [0.717, 1.165) is 18.4 Å². The number of aliphatic hydroxyl groups excluding tert-OH is 1. The van der Waals surface area contributed by atoms with Crippen LogP contribution in [0.25, 0.3) is 5.76 Å². The first-order valence-electron chi connectivity index (χ1n) is 4.74. The normalized spacial score (nSPS) is 9.57. The molecule has 0 aliphatic heterocycles. The summed E-state index contributed by atoms with van der Waals surface area (Å²) in [6.45, 7) is 7.53. The van der Waals surface area contributed by atoms with Crippen LogP contribution in [0.2, 0.25) is 0 Å². The van der Waals surface area contributed by atoms with Gasteiger partial charge in [-0.2, -0.15) is 0 Å². The Hall–Kier alpha value is -1.53. The number of pyridine rings is 1. The predicted octanol–water partition coefficient (Wildman–Crippen LogP) is 3.03. The molecule has 14 heavy (non-hydrogen) atoms. The number of aliphatic hydroxyl groups is 1. The number of hydrogen-bond donors (Lipinski definition) is 1. The highest BCUT2D eigenvalue weighted by Gasteiger charge is 2.03. The van der Waals surface area contributed by atoms with E-state index in [1.165, 1.54) is 5.56 Å². The van der Waals surface area contributed by atoms with E-state index < -0.39 is 0 Å². The fourth-order valence-corrected chi connectivity index (χ4v) is 1.34. The molecule has 0 amide bonds. The lowest BCUT2D eigenvalue weighted by atomic mass is 10.1. The molecule has 0 aromatic carbocycles. The standard InChI is InChI=1S/C12H15NO/c1-4-6-10-8-13-11(7-9(10)3)12(14)5-2/h7-8,14H,2,4,6H2,1,3H3. The average Bonchev–Trinajstić information content (AvgIpc) is 2.20. The van der Waals surface area contributed by atoms with Crippen LogP contribution in [-0.4, -0.2) is 10.1 Å². The van der Waals surface area contributed by atoms with Crippen molar-refractivity contribution in [3.05, 3.63) is 41.4 Å². The van der Waals surface area contributed by atoms with Crippen molar-refractivity contribution in [1.82, 2.24) is 4.98 Å². The predicted molar refractivity (Wildman–Crippen MR) is 58.1 cm³/mol. The second-order valence-electron chi connectivity index (χ2n) is 3.27. The molecular weight excluding hydrogens is 174 g/mol. The Morgan fingerprint density at radius 3 is 2.86 bits per heavy atom. The van der Waals surface area contributed by atoms with Crippen molar-refractivity contribution in [1.29, 1.82) is 0 Å². The van der Waals surface area contributed by atoms with E-state index in [0.29, 0.717) is 5.69 Å². The summed E-state index contributed by atoms with van der Waals surface area (Å²) >= 11 is 0. The molecule has 0 saturated heterocycles. The summed E-state index contributed by atoms with van der Waals surface area (Å²) in [5.41, 5.74) is 5.34. The lowest BCUT2D eigenvalue weighted by molar-refractivity contribution is 0.509. The van der Waals surface area contributed by atoms with Crippen LogP contribution in [0.5, 0.6) is 0 Å². The molecule has 0 fully saturated rings. The number of aromatic nitrogens is 1. The van der Waals surface area contributed by atoms with E-state index in [2.05, 4.69) is 24.2 Å². The maximum Gasteiger partial charge on any atom is 0.185 e. The van der Waals surface area contributed by atoms with Gasteiger partial charge in [-0.1, -0.05) is 25.7 Å². The van der Waals surface area contributed by atoms with Crippen LogP contribution in [0.1, 0.15) is 30.2 Å². The highest BCUT2D eigenvalue weighted by atomic mass is 16.3. The van der Waals surface area contributed by atoms with Gasteiger partial charge in [0.1, 0.15) is 5.69 Å². The Bertz CT molecular complexity index is 376. The molecule has 74 valence electrons. The van der Waals surface area contributed by atoms with Gasteiger partial charge in [0.15, 0.2) is 5.76 Å². The first-order valence-corrected chi connectivity index (χ1v) is 4.74. The number of rotatable bonds is 3. The first-order chi connectivity index (χ1) is 6.69. The Kier molecular flexibility index (Phi) is 3.49. The van der Waals surface area contributed by atoms with Crippen LogP contribution in [-0.2, 0) is 6.42 Å². The van der Waals surface area contributed by atoms with Crippen molar-refractivity contribution < 1.29 is 5.11 Å². The van der Waals surface area contributed by atoms with Crippen LogP contribution in [0.15, 0.2) is 24.6 Å². The third kappa shape index (κ3) is 2.24. The number of aryl methyl sites for hydroxylation is 2. The first kappa shape index (κ1) is 10.6. The summed E-state index contributed by atoms with van der Waals surface area (Å²) in [5.74, 6) is 0.0103. The molecule has 0 bridgehead atoms. The lowest BCUT2D eigenvalue weighted by Crippen LogP contribution is -1.94. The van der Waals surface area contributed by atoms with E-state index in [1.807, 2.05) is 19.2 Å². The van der Waals surface area contributed by atoms with Crippen LogP contribution < -0.4 is 0 Å². The van der Waals surface area contributed by atoms with Crippen molar-refractivity contribution in [2.45, 2.75) is 26.7 Å². The summed E-state index contributed by atoms with van der Waals surface area (Å²) in [6.07, 6.45) is 3.94. The molecule has 0 saturated carbocycles. The average molecular weight is 189 g/mol. The molecule has 0 unspecified atom stereocenters. The van der Waals surface area contributed by atoms with E-state index >= 15 is 0 Å². The van der Waals surface area contributed by atoms with Gasteiger partial charge in [-0.15, -0.1) is 0 Å². The molecule has 0 radical (unpaired) electrons. The molecule has 1 rings (SSSR count). The van der Waals surface area contributed by atoms with Gasteiger partial charge in [-0.25, -0.2) is 0 Å². The Balaban J connectivity index is 3.06. The van der Waals surface area contributed by atoms with Gasteiger partial charge in [-0.3, -0.25) is 4.98 Å². The summed E-state index contributed by atoms with van der Waals surface area (Å²) in [7, 11) is 0. The van der Waals surface area contributed by atoms with Crippen molar-refractivity contribution >= 4 is 5.76 Å². The highest BCUT2D eigenvalue weighted by Crippen LogP contribution is 2.14. The van der Waals surface area contributed by atoms with Crippen LogP contribution in [0.4, 0.5) is 0 Å². The lowest BCUT2D eigenvalue weighted by Gasteiger charge is -2.05. The maximum absolute atomic E-state index is 9.36. The van der Waals surface area contributed by atoms with E-state index in [4.69, 9.17) is 0 Å². The Morgan fingerprint density at radius 1 is 1.64 bits per heavy atom. The molecule has 2 heteroatoms. The fourth-order valence-electron chi connectivity index (χ4n) is 1.34. The zero-order chi connectivity index (χ0) is 10.6. The molecule has 1 aromatic rings. The summed E-state index contributed by atoms with van der Waals surface area (Å²) in [5, 5.41) is 9.36. The number of nitrogens with zero attached hydrogens (tertiary/aromatic N) is 1. The minimum Gasteiger partial charge on any atom is -0.500 e.